The van der Waals surface area contributed by atoms with Gasteiger partial charge in [0, 0.05) is 31.6 Å². The zero-order valence-electron chi connectivity index (χ0n) is 15.4. The molecule has 0 aliphatic carbocycles. The quantitative estimate of drug-likeness (QED) is 0.607. The number of aromatic nitrogens is 1. The maximum atomic E-state index is 12.1. The second-order valence-corrected chi connectivity index (χ2v) is 7.56. The van der Waals surface area contributed by atoms with E-state index < -0.39 is 18.4 Å². The molecule has 0 unspecified atom stereocenters. The monoisotopic (exact) mass is 409 g/mol. The number of hydrogen-bond donors (Lipinski definition) is 3. The summed E-state index contributed by atoms with van der Waals surface area (Å²) < 4.78 is 17.4. The summed E-state index contributed by atoms with van der Waals surface area (Å²) >= 11 is 1.32. The summed E-state index contributed by atoms with van der Waals surface area (Å²) in [5.41, 5.74) is 1.53. The summed E-state index contributed by atoms with van der Waals surface area (Å²) in [6.45, 7) is 0.972. The molecule has 1 aromatic heterocycles. The number of alkyl halides is 1. The summed E-state index contributed by atoms with van der Waals surface area (Å²) in [4.78, 5) is 18.0. The van der Waals surface area contributed by atoms with Gasteiger partial charge in [-0.2, -0.15) is 0 Å². The number of β-amino-alcohol motifs (C(OH)–C–C–N with tert-alkyl or cyclic N) is 1. The molecule has 0 spiro atoms. The van der Waals surface area contributed by atoms with Gasteiger partial charge < -0.3 is 20.3 Å². The Morgan fingerprint density at radius 1 is 1.43 bits per heavy atom. The molecule has 1 fully saturated rings. The lowest BCUT2D eigenvalue weighted by molar-refractivity contribution is -0.116. The van der Waals surface area contributed by atoms with Crippen molar-refractivity contribution in [1.82, 2.24) is 15.2 Å². The summed E-state index contributed by atoms with van der Waals surface area (Å²) in [7, 11) is 0. The Labute approximate surface area is 166 Å². The first-order valence-corrected chi connectivity index (χ1v) is 10.0. The molecule has 3 N–H and O–H groups in total. The van der Waals surface area contributed by atoms with E-state index in [1.165, 1.54) is 11.3 Å². The number of aliphatic hydroxyl groups is 2. The number of piperidine rings is 1. The van der Waals surface area contributed by atoms with Gasteiger partial charge in [-0.15, -0.1) is 11.3 Å². The summed E-state index contributed by atoms with van der Waals surface area (Å²) in [6, 6.07) is 7.37. The first-order chi connectivity index (χ1) is 13.5. The average molecular weight is 409 g/mol. The third-order valence-corrected chi connectivity index (χ3v) is 5.39. The molecule has 2 heterocycles. The maximum Gasteiger partial charge on any atom is 0.270 e. The third-order valence-electron chi connectivity index (χ3n) is 4.81. The standard InChI is InChI=1S/C19H24FN3O4S/c20-6-8-27-15-3-1-14(2-4-15)9-23-7-5-19(26,17(24)10-23)12-21-18(25)16-11-28-13-22-16/h1-4,11,13,17,24,26H,5-10,12H2,(H,21,25)/t17-,19-/m1/s1. The van der Waals surface area contributed by atoms with Crippen molar-refractivity contribution >= 4 is 17.2 Å². The van der Waals surface area contributed by atoms with Crippen LogP contribution in [-0.2, 0) is 6.54 Å². The second kappa shape index (κ2) is 9.42. The number of ether oxygens (including phenoxy) is 1. The van der Waals surface area contributed by atoms with Gasteiger partial charge in [0.1, 0.15) is 30.3 Å². The molecular formula is C19H24FN3O4S. The Morgan fingerprint density at radius 2 is 2.21 bits per heavy atom. The van der Waals surface area contributed by atoms with Crippen molar-refractivity contribution in [2.24, 2.45) is 0 Å². The number of benzene rings is 1. The van der Waals surface area contributed by atoms with Gasteiger partial charge in [0.05, 0.1) is 11.6 Å². The summed E-state index contributed by atoms with van der Waals surface area (Å²) in [5, 5.41) is 25.5. The van der Waals surface area contributed by atoms with Gasteiger partial charge in [0.25, 0.3) is 5.91 Å². The molecule has 1 aromatic carbocycles. The van der Waals surface area contributed by atoms with Crippen LogP contribution in [0.25, 0.3) is 0 Å². The molecule has 3 rings (SSSR count). The van der Waals surface area contributed by atoms with E-state index >= 15 is 0 Å². The van der Waals surface area contributed by atoms with E-state index in [0.717, 1.165) is 5.56 Å². The smallest absolute Gasteiger partial charge is 0.270 e. The molecule has 2 atom stereocenters. The van der Waals surface area contributed by atoms with E-state index in [4.69, 9.17) is 4.74 Å². The lowest BCUT2D eigenvalue weighted by atomic mass is 9.88. The van der Waals surface area contributed by atoms with Crippen LogP contribution in [0.5, 0.6) is 5.75 Å². The van der Waals surface area contributed by atoms with Crippen molar-refractivity contribution < 1.29 is 24.1 Å². The van der Waals surface area contributed by atoms with Crippen molar-refractivity contribution in [3.8, 4) is 5.75 Å². The maximum absolute atomic E-state index is 12.1. The number of likely N-dealkylation sites (tertiary alicyclic amines) is 1. The van der Waals surface area contributed by atoms with Crippen molar-refractivity contribution in [2.45, 2.75) is 24.7 Å². The van der Waals surface area contributed by atoms with Crippen LogP contribution in [0.3, 0.4) is 0 Å². The molecule has 0 radical (unpaired) electrons. The number of aliphatic hydroxyl groups excluding tert-OH is 1. The Kier molecular flexibility index (Phi) is 6.95. The van der Waals surface area contributed by atoms with Gasteiger partial charge in [-0.25, -0.2) is 9.37 Å². The zero-order valence-corrected chi connectivity index (χ0v) is 16.2. The summed E-state index contributed by atoms with van der Waals surface area (Å²) in [6.07, 6.45) is -0.646. The van der Waals surface area contributed by atoms with Crippen LogP contribution < -0.4 is 10.1 Å². The van der Waals surface area contributed by atoms with Gasteiger partial charge in [-0.1, -0.05) is 12.1 Å². The zero-order chi connectivity index (χ0) is 20.0. The lowest BCUT2D eigenvalue weighted by Gasteiger charge is -2.42. The number of hydrogen-bond acceptors (Lipinski definition) is 7. The number of nitrogens with zero attached hydrogens (tertiary/aromatic N) is 2. The van der Waals surface area contributed by atoms with Crippen LogP contribution >= 0.6 is 11.3 Å². The number of rotatable bonds is 8. The molecular weight excluding hydrogens is 385 g/mol. The highest BCUT2D eigenvalue weighted by molar-refractivity contribution is 7.07. The van der Waals surface area contributed by atoms with E-state index in [2.05, 4.69) is 10.3 Å². The SMILES string of the molecule is O=C(NC[C@]1(O)CCN(Cc2ccc(OCCF)cc2)C[C@H]1O)c1cscn1. The van der Waals surface area contributed by atoms with E-state index in [0.29, 0.717) is 37.5 Å². The highest BCUT2D eigenvalue weighted by Crippen LogP contribution is 2.24. The van der Waals surface area contributed by atoms with Gasteiger partial charge in [-0.3, -0.25) is 9.69 Å². The van der Waals surface area contributed by atoms with Gasteiger partial charge >= 0.3 is 0 Å². The highest BCUT2D eigenvalue weighted by Gasteiger charge is 2.40. The lowest BCUT2D eigenvalue weighted by Crippen LogP contribution is -2.60. The second-order valence-electron chi connectivity index (χ2n) is 6.84. The van der Waals surface area contributed by atoms with Crippen molar-refractivity contribution in [2.75, 3.05) is 32.9 Å². The third kappa shape index (κ3) is 5.26. The summed E-state index contributed by atoms with van der Waals surface area (Å²) in [5.74, 6) is 0.254. The van der Waals surface area contributed by atoms with Crippen LogP contribution in [0.2, 0.25) is 0 Å². The van der Waals surface area contributed by atoms with Crippen LogP contribution in [0.15, 0.2) is 35.2 Å². The highest BCUT2D eigenvalue weighted by atomic mass is 32.1. The molecule has 1 aliphatic heterocycles. The van der Waals surface area contributed by atoms with E-state index in [1.807, 2.05) is 17.0 Å². The molecule has 7 nitrogen and oxygen atoms in total. The Balaban J connectivity index is 1.49. The number of carbonyl (C=O) groups excluding carboxylic acids is 1. The largest absolute Gasteiger partial charge is 0.491 e. The van der Waals surface area contributed by atoms with Crippen LogP contribution in [0.1, 0.15) is 22.5 Å². The molecule has 2 aromatic rings. The number of thiazole rings is 1. The molecule has 0 saturated carbocycles. The first kappa shape index (κ1) is 20.7. The minimum atomic E-state index is -1.37. The molecule has 9 heteroatoms. The van der Waals surface area contributed by atoms with Gasteiger partial charge in [-0.05, 0) is 24.1 Å². The fourth-order valence-electron chi connectivity index (χ4n) is 3.13. The Hall–Kier alpha value is -2.07. The van der Waals surface area contributed by atoms with Crippen molar-refractivity contribution in [3.05, 3.63) is 46.4 Å². The van der Waals surface area contributed by atoms with Crippen LogP contribution in [-0.4, -0.2) is 70.6 Å². The molecule has 152 valence electrons. The fraction of sp³-hybridized carbons (Fsp3) is 0.474. The minimum absolute atomic E-state index is 0.0288. The predicted molar refractivity (Wildman–Crippen MR) is 103 cm³/mol. The predicted octanol–water partition coefficient (Wildman–Crippen LogP) is 1.22. The minimum Gasteiger partial charge on any atom is -0.491 e. The molecule has 0 bridgehead atoms. The molecule has 1 amide bonds. The first-order valence-electron chi connectivity index (χ1n) is 9.07. The van der Waals surface area contributed by atoms with Crippen molar-refractivity contribution in [3.63, 3.8) is 0 Å². The number of carbonyl (C=O) groups is 1. The Bertz CT molecular complexity index is 759. The normalized spacial score (nSPS) is 22.8. The van der Waals surface area contributed by atoms with Gasteiger partial charge in [0.2, 0.25) is 0 Å². The molecule has 28 heavy (non-hydrogen) atoms. The average Bonchev–Trinajstić information content (AvgIpc) is 3.24. The number of nitrogens with one attached hydrogen (secondary N) is 1. The fourth-order valence-corrected chi connectivity index (χ4v) is 3.66. The van der Waals surface area contributed by atoms with Crippen molar-refractivity contribution in [1.29, 1.82) is 0 Å². The number of halogens is 1. The van der Waals surface area contributed by atoms with E-state index in [9.17, 15) is 19.4 Å². The van der Waals surface area contributed by atoms with Crippen LogP contribution in [0.4, 0.5) is 4.39 Å². The van der Waals surface area contributed by atoms with E-state index in [-0.39, 0.29) is 19.1 Å². The molecule has 1 aliphatic rings. The topological polar surface area (TPSA) is 94.9 Å². The van der Waals surface area contributed by atoms with Crippen LogP contribution in [0, 0.1) is 0 Å². The molecule has 1 saturated heterocycles. The number of amides is 1. The Morgan fingerprint density at radius 3 is 2.86 bits per heavy atom. The van der Waals surface area contributed by atoms with Gasteiger partial charge in [0.15, 0.2) is 0 Å². The van der Waals surface area contributed by atoms with E-state index in [1.54, 1.807) is 23.0 Å².